The van der Waals surface area contributed by atoms with Gasteiger partial charge in [0.1, 0.15) is 0 Å². The second kappa shape index (κ2) is 4.94. The molecule has 72 valence electrons. The highest BCUT2D eigenvalue weighted by Gasteiger charge is 2.04. The quantitative estimate of drug-likeness (QED) is 0.729. The van der Waals surface area contributed by atoms with Crippen LogP contribution >= 0.6 is 0 Å². The lowest BCUT2D eigenvalue weighted by Gasteiger charge is -2.14. The predicted molar refractivity (Wildman–Crippen MR) is 52.3 cm³/mol. The van der Waals surface area contributed by atoms with Gasteiger partial charge in [0.15, 0.2) is 0 Å². The van der Waals surface area contributed by atoms with Crippen LogP contribution < -0.4 is 5.32 Å². The summed E-state index contributed by atoms with van der Waals surface area (Å²) >= 11 is 0. The normalized spacial score (nSPS) is 15.3. The van der Waals surface area contributed by atoms with Gasteiger partial charge in [-0.25, -0.2) is 0 Å². The van der Waals surface area contributed by atoms with Crippen LogP contribution in [0.25, 0.3) is 0 Å². The molecule has 0 aliphatic heterocycles. The van der Waals surface area contributed by atoms with Crippen molar-refractivity contribution in [3.05, 3.63) is 30.1 Å². The molecule has 0 saturated carbocycles. The van der Waals surface area contributed by atoms with E-state index in [1.165, 1.54) is 0 Å². The summed E-state index contributed by atoms with van der Waals surface area (Å²) < 4.78 is 0. The summed E-state index contributed by atoms with van der Waals surface area (Å²) in [5.41, 5.74) is 1.14. The molecule has 0 aliphatic rings. The van der Waals surface area contributed by atoms with Crippen molar-refractivity contribution >= 4 is 0 Å². The van der Waals surface area contributed by atoms with Crippen LogP contribution in [0.4, 0.5) is 0 Å². The van der Waals surface area contributed by atoms with Crippen LogP contribution in [-0.2, 0) is 0 Å². The van der Waals surface area contributed by atoms with Crippen molar-refractivity contribution in [1.82, 2.24) is 10.3 Å². The van der Waals surface area contributed by atoms with Crippen molar-refractivity contribution in [2.75, 3.05) is 6.54 Å². The Balaban J connectivity index is 2.44. The molecular formula is C10H16N2O. The molecule has 0 amide bonds. The number of nitrogens with one attached hydrogen (secondary N) is 1. The third kappa shape index (κ3) is 3.53. The lowest BCUT2D eigenvalue weighted by Crippen LogP contribution is -2.27. The Morgan fingerprint density at radius 1 is 1.54 bits per heavy atom. The Hall–Kier alpha value is -0.930. The van der Waals surface area contributed by atoms with Gasteiger partial charge in [0.2, 0.25) is 0 Å². The van der Waals surface area contributed by atoms with Gasteiger partial charge >= 0.3 is 0 Å². The van der Waals surface area contributed by atoms with Crippen LogP contribution in [0.1, 0.15) is 25.5 Å². The van der Waals surface area contributed by atoms with Crippen molar-refractivity contribution in [3.8, 4) is 0 Å². The molecule has 0 spiro atoms. The first-order valence-electron chi connectivity index (χ1n) is 4.51. The number of pyridine rings is 1. The Bertz CT molecular complexity index is 236. The van der Waals surface area contributed by atoms with Crippen LogP contribution in [0.3, 0.4) is 0 Å². The second-order valence-electron chi connectivity index (χ2n) is 3.27. The molecule has 3 heteroatoms. The smallest absolute Gasteiger partial charge is 0.0636 e. The summed E-state index contributed by atoms with van der Waals surface area (Å²) in [6, 6.07) is 4.17. The highest BCUT2D eigenvalue weighted by Crippen LogP contribution is 2.08. The third-order valence-electron chi connectivity index (χ3n) is 1.90. The van der Waals surface area contributed by atoms with Crippen molar-refractivity contribution in [2.24, 2.45) is 0 Å². The van der Waals surface area contributed by atoms with Gasteiger partial charge in [-0.15, -0.1) is 0 Å². The monoisotopic (exact) mass is 180 g/mol. The van der Waals surface area contributed by atoms with Gasteiger partial charge in [-0.05, 0) is 25.5 Å². The van der Waals surface area contributed by atoms with E-state index < -0.39 is 0 Å². The predicted octanol–water partition coefficient (Wildman–Crippen LogP) is 1.11. The van der Waals surface area contributed by atoms with E-state index in [4.69, 9.17) is 5.11 Å². The maximum Gasteiger partial charge on any atom is 0.0636 e. The number of aromatic nitrogens is 1. The Morgan fingerprint density at radius 3 is 2.85 bits per heavy atom. The lowest BCUT2D eigenvalue weighted by atomic mass is 10.1. The van der Waals surface area contributed by atoms with Crippen LogP contribution in [0.2, 0.25) is 0 Å². The average Bonchev–Trinajstić information content (AvgIpc) is 2.15. The fraction of sp³-hybridized carbons (Fsp3) is 0.500. The minimum absolute atomic E-state index is 0.239. The Labute approximate surface area is 78.8 Å². The summed E-state index contributed by atoms with van der Waals surface area (Å²) in [5, 5.41) is 12.3. The number of rotatable bonds is 4. The molecule has 0 unspecified atom stereocenters. The van der Waals surface area contributed by atoms with Gasteiger partial charge in [0.05, 0.1) is 6.10 Å². The van der Waals surface area contributed by atoms with Gasteiger partial charge < -0.3 is 10.4 Å². The first kappa shape index (κ1) is 10.2. The first-order chi connectivity index (χ1) is 6.20. The summed E-state index contributed by atoms with van der Waals surface area (Å²) in [6.45, 7) is 4.43. The van der Waals surface area contributed by atoms with Crippen molar-refractivity contribution in [2.45, 2.75) is 26.0 Å². The molecule has 0 bridgehead atoms. The maximum atomic E-state index is 9.07. The highest BCUT2D eigenvalue weighted by molar-refractivity contribution is 5.12. The minimum atomic E-state index is -0.306. The fourth-order valence-corrected chi connectivity index (χ4v) is 1.10. The van der Waals surface area contributed by atoms with Crippen molar-refractivity contribution < 1.29 is 5.11 Å². The minimum Gasteiger partial charge on any atom is -0.392 e. The molecule has 2 atom stereocenters. The zero-order valence-electron chi connectivity index (χ0n) is 8.07. The largest absolute Gasteiger partial charge is 0.392 e. The SMILES string of the molecule is C[C@H](NC[C@@H](C)O)c1cccnc1. The Kier molecular flexibility index (Phi) is 3.86. The molecule has 3 nitrogen and oxygen atoms in total. The molecule has 0 radical (unpaired) electrons. The molecule has 0 fully saturated rings. The summed E-state index contributed by atoms with van der Waals surface area (Å²) in [5.74, 6) is 0. The molecule has 1 aromatic rings. The third-order valence-corrected chi connectivity index (χ3v) is 1.90. The molecule has 0 aromatic carbocycles. The summed E-state index contributed by atoms with van der Waals surface area (Å²) in [7, 11) is 0. The number of aliphatic hydroxyl groups excluding tert-OH is 1. The van der Waals surface area contributed by atoms with Crippen molar-refractivity contribution in [3.63, 3.8) is 0 Å². The maximum absolute atomic E-state index is 9.07. The molecule has 2 N–H and O–H groups in total. The zero-order valence-corrected chi connectivity index (χ0v) is 8.07. The number of hydrogen-bond donors (Lipinski definition) is 2. The van der Waals surface area contributed by atoms with Gasteiger partial charge in [0.25, 0.3) is 0 Å². The molecular weight excluding hydrogens is 164 g/mol. The van der Waals surface area contributed by atoms with Crippen LogP contribution in [-0.4, -0.2) is 22.7 Å². The summed E-state index contributed by atoms with van der Waals surface area (Å²) in [6.07, 6.45) is 3.28. The van der Waals surface area contributed by atoms with Gasteiger partial charge in [-0.3, -0.25) is 4.98 Å². The molecule has 1 heterocycles. The van der Waals surface area contributed by atoms with E-state index in [0.717, 1.165) is 5.56 Å². The summed E-state index contributed by atoms with van der Waals surface area (Å²) in [4.78, 5) is 4.03. The molecule has 13 heavy (non-hydrogen) atoms. The van der Waals surface area contributed by atoms with Crippen LogP contribution in [0, 0.1) is 0 Å². The average molecular weight is 180 g/mol. The number of aliphatic hydroxyl groups is 1. The number of hydrogen-bond acceptors (Lipinski definition) is 3. The van der Waals surface area contributed by atoms with Crippen LogP contribution in [0.5, 0.6) is 0 Å². The molecule has 1 aromatic heterocycles. The van der Waals surface area contributed by atoms with E-state index in [-0.39, 0.29) is 12.1 Å². The standard InChI is InChI=1S/C10H16N2O/c1-8(13)6-12-9(2)10-4-3-5-11-7-10/h3-5,7-9,12-13H,6H2,1-2H3/t8-,9+/m1/s1. The zero-order chi connectivity index (χ0) is 9.68. The van der Waals surface area contributed by atoms with E-state index in [2.05, 4.69) is 17.2 Å². The van der Waals surface area contributed by atoms with Gasteiger partial charge in [0, 0.05) is 25.0 Å². The molecule has 1 rings (SSSR count). The molecule has 0 aliphatic carbocycles. The van der Waals surface area contributed by atoms with E-state index >= 15 is 0 Å². The second-order valence-corrected chi connectivity index (χ2v) is 3.27. The fourth-order valence-electron chi connectivity index (χ4n) is 1.10. The lowest BCUT2D eigenvalue weighted by molar-refractivity contribution is 0.187. The Morgan fingerprint density at radius 2 is 2.31 bits per heavy atom. The first-order valence-corrected chi connectivity index (χ1v) is 4.51. The van der Waals surface area contributed by atoms with Crippen LogP contribution in [0.15, 0.2) is 24.5 Å². The topological polar surface area (TPSA) is 45.1 Å². The van der Waals surface area contributed by atoms with Gasteiger partial charge in [-0.2, -0.15) is 0 Å². The number of nitrogens with zero attached hydrogens (tertiary/aromatic N) is 1. The van der Waals surface area contributed by atoms with Gasteiger partial charge in [-0.1, -0.05) is 6.07 Å². The molecule has 0 saturated heterocycles. The van der Waals surface area contributed by atoms with E-state index in [9.17, 15) is 0 Å². The van der Waals surface area contributed by atoms with Crippen molar-refractivity contribution in [1.29, 1.82) is 0 Å². The highest BCUT2D eigenvalue weighted by atomic mass is 16.3. The van der Waals surface area contributed by atoms with E-state index in [1.54, 1.807) is 13.1 Å². The van der Waals surface area contributed by atoms with E-state index in [0.29, 0.717) is 6.54 Å². The van der Waals surface area contributed by atoms with E-state index in [1.807, 2.05) is 18.3 Å².